The molecule has 1 unspecified atom stereocenters. The lowest BCUT2D eigenvalue weighted by Crippen LogP contribution is -2.33. The van der Waals surface area contributed by atoms with Crippen LogP contribution in [0.4, 0.5) is 0 Å². The molecule has 2 heterocycles. The summed E-state index contributed by atoms with van der Waals surface area (Å²) in [6.45, 7) is 5.95. The van der Waals surface area contributed by atoms with Crippen LogP contribution in [-0.2, 0) is 6.42 Å². The number of carbonyl (C=O) groups is 1. The highest BCUT2D eigenvalue weighted by atomic mass is 79.9. The minimum atomic E-state index is -0.106. The van der Waals surface area contributed by atoms with Crippen LogP contribution in [0.5, 0.6) is 0 Å². The average Bonchev–Trinajstić information content (AvgIpc) is 2.99. The third-order valence-electron chi connectivity index (χ3n) is 4.39. The van der Waals surface area contributed by atoms with E-state index in [1.807, 2.05) is 45.0 Å². The molecule has 0 bridgehead atoms. The van der Waals surface area contributed by atoms with Gasteiger partial charge in [0.2, 0.25) is 0 Å². The highest BCUT2D eigenvalue weighted by Crippen LogP contribution is 2.13. The number of pyridine rings is 1. The molecule has 0 fully saturated rings. The van der Waals surface area contributed by atoms with Crippen LogP contribution >= 0.6 is 15.9 Å². The molecule has 0 aliphatic carbocycles. The monoisotopic (exact) mass is 426 g/mol. The number of carbonyl (C=O) groups excluding carboxylic acids is 1. The van der Waals surface area contributed by atoms with Gasteiger partial charge in [0.05, 0.1) is 11.3 Å². The van der Waals surface area contributed by atoms with Crippen molar-refractivity contribution in [3.63, 3.8) is 0 Å². The van der Waals surface area contributed by atoms with Crippen molar-refractivity contribution in [3.05, 3.63) is 75.6 Å². The standard InChI is InChI=1S/C21H23BrN4O/c1-14(4-5-17-6-9-19(22)10-7-17)24-21(27)18-8-11-20(23-13-18)26-16(3)12-15(2)25-26/h6-14H,4-5H2,1-3H3,(H,24,27). The number of rotatable bonds is 6. The summed E-state index contributed by atoms with van der Waals surface area (Å²) in [7, 11) is 0. The Balaban J connectivity index is 1.57. The van der Waals surface area contributed by atoms with Crippen LogP contribution in [0.1, 0.15) is 40.7 Å². The van der Waals surface area contributed by atoms with E-state index in [2.05, 4.69) is 43.5 Å². The van der Waals surface area contributed by atoms with Crippen molar-refractivity contribution in [2.75, 3.05) is 0 Å². The van der Waals surface area contributed by atoms with Gasteiger partial charge in [-0.15, -0.1) is 0 Å². The molecule has 1 amide bonds. The molecule has 27 heavy (non-hydrogen) atoms. The minimum absolute atomic E-state index is 0.0804. The molecule has 3 rings (SSSR count). The Kier molecular flexibility index (Phi) is 6.06. The van der Waals surface area contributed by atoms with Crippen molar-refractivity contribution in [2.24, 2.45) is 0 Å². The van der Waals surface area contributed by atoms with Crippen molar-refractivity contribution < 1.29 is 4.79 Å². The van der Waals surface area contributed by atoms with Crippen LogP contribution in [-0.4, -0.2) is 26.7 Å². The zero-order valence-corrected chi connectivity index (χ0v) is 17.3. The Morgan fingerprint density at radius 2 is 1.93 bits per heavy atom. The SMILES string of the molecule is Cc1cc(C)n(-c2ccc(C(=O)NC(C)CCc3ccc(Br)cc3)cn2)n1. The van der Waals surface area contributed by atoms with Gasteiger partial charge in [0.25, 0.3) is 5.91 Å². The van der Waals surface area contributed by atoms with Crippen LogP contribution in [0.3, 0.4) is 0 Å². The number of nitrogens with zero attached hydrogens (tertiary/aromatic N) is 3. The second-order valence-corrected chi connectivity index (χ2v) is 7.70. The third-order valence-corrected chi connectivity index (χ3v) is 4.92. The summed E-state index contributed by atoms with van der Waals surface area (Å²) in [5, 5.41) is 7.45. The van der Waals surface area contributed by atoms with Crippen molar-refractivity contribution in [3.8, 4) is 5.82 Å². The van der Waals surface area contributed by atoms with Gasteiger partial charge in [-0.1, -0.05) is 28.1 Å². The maximum Gasteiger partial charge on any atom is 0.253 e. The van der Waals surface area contributed by atoms with E-state index in [4.69, 9.17) is 0 Å². The third kappa shape index (κ3) is 5.04. The topological polar surface area (TPSA) is 59.8 Å². The number of amides is 1. The van der Waals surface area contributed by atoms with Crippen molar-refractivity contribution in [1.82, 2.24) is 20.1 Å². The maximum atomic E-state index is 12.5. The average molecular weight is 427 g/mol. The largest absolute Gasteiger partial charge is 0.350 e. The Morgan fingerprint density at radius 3 is 2.52 bits per heavy atom. The first-order chi connectivity index (χ1) is 12.9. The highest BCUT2D eigenvalue weighted by molar-refractivity contribution is 9.10. The molecule has 0 aliphatic rings. The van der Waals surface area contributed by atoms with Crippen LogP contribution in [0, 0.1) is 13.8 Å². The van der Waals surface area contributed by atoms with Gasteiger partial charge in [-0.25, -0.2) is 9.67 Å². The second-order valence-electron chi connectivity index (χ2n) is 6.78. The van der Waals surface area contributed by atoms with Gasteiger partial charge in [0, 0.05) is 22.4 Å². The lowest BCUT2D eigenvalue weighted by molar-refractivity contribution is 0.0938. The van der Waals surface area contributed by atoms with E-state index in [0.29, 0.717) is 11.4 Å². The number of aryl methyl sites for hydroxylation is 3. The van der Waals surface area contributed by atoms with Crippen molar-refractivity contribution in [1.29, 1.82) is 0 Å². The molecule has 2 aromatic heterocycles. The molecule has 140 valence electrons. The first-order valence-electron chi connectivity index (χ1n) is 8.97. The summed E-state index contributed by atoms with van der Waals surface area (Å²) in [5.74, 6) is 0.603. The molecular weight excluding hydrogens is 404 g/mol. The molecule has 3 aromatic rings. The first kappa shape index (κ1) is 19.3. The van der Waals surface area contributed by atoms with Gasteiger partial charge in [-0.2, -0.15) is 5.10 Å². The molecule has 1 aromatic carbocycles. The van der Waals surface area contributed by atoms with Gasteiger partial charge in [-0.3, -0.25) is 4.79 Å². The van der Waals surface area contributed by atoms with Crippen LogP contribution < -0.4 is 5.32 Å². The predicted octanol–water partition coefficient (Wildman–Crippen LogP) is 4.40. The molecule has 0 radical (unpaired) electrons. The number of hydrogen-bond acceptors (Lipinski definition) is 3. The summed E-state index contributed by atoms with van der Waals surface area (Å²) < 4.78 is 2.85. The van der Waals surface area contributed by atoms with Crippen LogP contribution in [0.2, 0.25) is 0 Å². The molecule has 0 aliphatic heterocycles. The highest BCUT2D eigenvalue weighted by Gasteiger charge is 2.12. The van der Waals surface area contributed by atoms with Gasteiger partial charge in [0.1, 0.15) is 0 Å². The van der Waals surface area contributed by atoms with Crippen LogP contribution in [0.15, 0.2) is 53.1 Å². The van der Waals surface area contributed by atoms with Crippen molar-refractivity contribution in [2.45, 2.75) is 39.7 Å². The van der Waals surface area contributed by atoms with Crippen molar-refractivity contribution >= 4 is 21.8 Å². The van der Waals surface area contributed by atoms with E-state index in [1.165, 1.54) is 5.56 Å². The van der Waals surface area contributed by atoms with Gasteiger partial charge >= 0.3 is 0 Å². The molecule has 5 nitrogen and oxygen atoms in total. The van der Waals surface area contributed by atoms with E-state index in [1.54, 1.807) is 16.9 Å². The number of aromatic nitrogens is 3. The zero-order chi connectivity index (χ0) is 19.4. The lowest BCUT2D eigenvalue weighted by atomic mass is 10.1. The fraction of sp³-hybridized carbons (Fsp3) is 0.286. The quantitative estimate of drug-likeness (QED) is 0.635. The van der Waals surface area contributed by atoms with E-state index < -0.39 is 0 Å². The van der Waals surface area contributed by atoms with E-state index in [0.717, 1.165) is 28.7 Å². The summed E-state index contributed by atoms with van der Waals surface area (Å²) in [6.07, 6.45) is 3.40. The zero-order valence-electron chi connectivity index (χ0n) is 15.7. The van der Waals surface area contributed by atoms with E-state index >= 15 is 0 Å². The lowest BCUT2D eigenvalue weighted by Gasteiger charge is -2.14. The summed E-state index contributed by atoms with van der Waals surface area (Å²) >= 11 is 3.44. The van der Waals surface area contributed by atoms with E-state index in [-0.39, 0.29) is 11.9 Å². The number of nitrogens with one attached hydrogen (secondary N) is 1. The van der Waals surface area contributed by atoms with Crippen LogP contribution in [0.25, 0.3) is 5.82 Å². The molecule has 0 saturated heterocycles. The first-order valence-corrected chi connectivity index (χ1v) is 9.76. The molecule has 0 saturated carbocycles. The summed E-state index contributed by atoms with van der Waals surface area (Å²) in [6, 6.07) is 14.0. The Bertz CT molecular complexity index is 916. The predicted molar refractivity (Wildman–Crippen MR) is 110 cm³/mol. The molecule has 6 heteroatoms. The Hall–Kier alpha value is -2.47. The molecule has 1 N–H and O–H groups in total. The summed E-state index contributed by atoms with van der Waals surface area (Å²) in [4.78, 5) is 16.8. The van der Waals surface area contributed by atoms with Gasteiger partial charge < -0.3 is 5.32 Å². The minimum Gasteiger partial charge on any atom is -0.350 e. The molecule has 1 atom stereocenters. The number of benzene rings is 1. The Labute approximate surface area is 168 Å². The molecule has 0 spiro atoms. The number of hydrogen-bond donors (Lipinski definition) is 1. The maximum absolute atomic E-state index is 12.5. The number of halogens is 1. The van der Waals surface area contributed by atoms with Gasteiger partial charge in [-0.05, 0) is 69.5 Å². The van der Waals surface area contributed by atoms with E-state index in [9.17, 15) is 4.79 Å². The van der Waals surface area contributed by atoms with Gasteiger partial charge in [0.15, 0.2) is 5.82 Å². The molecular formula is C21H23BrN4O. The summed E-state index contributed by atoms with van der Waals surface area (Å²) in [5.41, 5.74) is 3.76. The second kappa shape index (κ2) is 8.48. The fourth-order valence-corrected chi connectivity index (χ4v) is 3.18. The fourth-order valence-electron chi connectivity index (χ4n) is 2.92. The Morgan fingerprint density at radius 1 is 1.19 bits per heavy atom. The smallest absolute Gasteiger partial charge is 0.253 e. The normalized spacial score (nSPS) is 12.0.